The van der Waals surface area contributed by atoms with Gasteiger partial charge in [0, 0.05) is 11.4 Å². The van der Waals surface area contributed by atoms with Crippen molar-refractivity contribution in [1.82, 2.24) is 0 Å². The summed E-state index contributed by atoms with van der Waals surface area (Å²) < 4.78 is 0. The van der Waals surface area contributed by atoms with Crippen molar-refractivity contribution in [3.63, 3.8) is 0 Å². The lowest BCUT2D eigenvalue weighted by Gasteiger charge is -2.26. The average molecular weight is 324 g/mol. The van der Waals surface area contributed by atoms with Crippen LogP contribution in [0.2, 0.25) is 0 Å². The highest BCUT2D eigenvalue weighted by Crippen LogP contribution is 2.46. The van der Waals surface area contributed by atoms with Crippen molar-refractivity contribution in [2.24, 2.45) is 0 Å². The molecule has 2 aromatic rings. The first-order valence-corrected chi connectivity index (χ1v) is 10.3. The Kier molecular flexibility index (Phi) is 5.53. The van der Waals surface area contributed by atoms with E-state index in [0.29, 0.717) is 5.66 Å². The fourth-order valence-electron chi connectivity index (χ4n) is 2.76. The van der Waals surface area contributed by atoms with E-state index < -0.39 is 0 Å². The van der Waals surface area contributed by atoms with Gasteiger partial charge in [-0.05, 0) is 29.9 Å². The maximum absolute atomic E-state index is 2.40. The minimum Gasteiger partial charge on any atom is -0.158 e. The molecule has 22 heavy (non-hydrogen) atoms. The molecule has 0 bridgehead atoms. The van der Waals surface area contributed by atoms with Crippen molar-refractivity contribution < 1.29 is 0 Å². The second-order valence-corrected chi connectivity index (χ2v) is 8.85. The molecule has 0 amide bonds. The lowest BCUT2D eigenvalue weighted by atomic mass is 10.3. The van der Waals surface area contributed by atoms with Crippen molar-refractivity contribution in [1.29, 1.82) is 0 Å². The van der Waals surface area contributed by atoms with E-state index in [1.807, 2.05) is 11.8 Å². The topological polar surface area (TPSA) is 0 Å². The summed E-state index contributed by atoms with van der Waals surface area (Å²) in [7, 11) is -0.376. The Morgan fingerprint density at radius 1 is 0.909 bits per heavy atom. The summed E-state index contributed by atoms with van der Waals surface area (Å²) in [6, 6.07) is 22.0. The molecule has 3 rings (SSSR count). The molecule has 0 aromatic heterocycles. The smallest absolute Gasteiger partial charge is 0.0275 e. The van der Waals surface area contributed by atoms with Gasteiger partial charge in [0.25, 0.3) is 0 Å². The molecule has 0 heterocycles. The minimum atomic E-state index is -0.376. The molecule has 112 valence electrons. The lowest BCUT2D eigenvalue weighted by molar-refractivity contribution is 1.27. The third kappa shape index (κ3) is 3.54. The Morgan fingerprint density at radius 2 is 1.50 bits per heavy atom. The van der Waals surface area contributed by atoms with Gasteiger partial charge in [-0.1, -0.05) is 85.8 Å². The number of benzene rings is 2. The van der Waals surface area contributed by atoms with Crippen LogP contribution in [0, 0.1) is 0 Å². The minimum absolute atomic E-state index is 0.376. The molecule has 0 saturated heterocycles. The van der Waals surface area contributed by atoms with Crippen LogP contribution in [0.15, 0.2) is 84.5 Å². The molecular weight excluding hydrogens is 303 g/mol. The Morgan fingerprint density at radius 3 is 2.05 bits per heavy atom. The van der Waals surface area contributed by atoms with Crippen molar-refractivity contribution in [2.45, 2.75) is 12.6 Å². The van der Waals surface area contributed by atoms with Gasteiger partial charge in [0.1, 0.15) is 0 Å². The molecule has 0 fully saturated rings. The summed E-state index contributed by atoms with van der Waals surface area (Å²) in [5, 5.41) is 2.93. The van der Waals surface area contributed by atoms with Gasteiger partial charge < -0.3 is 0 Å². The molecule has 0 N–H and O–H groups in total. The van der Waals surface area contributed by atoms with Crippen molar-refractivity contribution in [3.05, 3.63) is 84.5 Å². The maximum Gasteiger partial charge on any atom is 0.0275 e. The molecule has 1 aliphatic carbocycles. The van der Waals surface area contributed by atoms with E-state index in [0.717, 1.165) is 5.75 Å². The van der Waals surface area contributed by atoms with Gasteiger partial charge in [0.05, 0.1) is 0 Å². The summed E-state index contributed by atoms with van der Waals surface area (Å²) in [5.41, 5.74) is 2.12. The third-order valence-electron chi connectivity index (χ3n) is 3.80. The van der Waals surface area contributed by atoms with Gasteiger partial charge in [-0.2, -0.15) is 11.8 Å². The highest BCUT2D eigenvalue weighted by Gasteiger charge is 2.27. The van der Waals surface area contributed by atoms with Gasteiger partial charge in [0.2, 0.25) is 0 Å². The van der Waals surface area contributed by atoms with E-state index in [-0.39, 0.29) is 7.92 Å². The molecule has 2 aromatic carbocycles. The van der Waals surface area contributed by atoms with Crippen LogP contribution in [-0.2, 0) is 0 Å². The van der Waals surface area contributed by atoms with Crippen molar-refractivity contribution in [3.8, 4) is 0 Å². The van der Waals surface area contributed by atoms with E-state index >= 15 is 0 Å². The third-order valence-corrected chi connectivity index (χ3v) is 7.52. The number of hydrogen-bond acceptors (Lipinski definition) is 1. The van der Waals surface area contributed by atoms with Crippen LogP contribution in [0.4, 0.5) is 0 Å². The maximum atomic E-state index is 2.40. The molecule has 0 saturated carbocycles. The first-order valence-electron chi connectivity index (χ1n) is 7.74. The first kappa shape index (κ1) is 15.6. The van der Waals surface area contributed by atoms with Gasteiger partial charge in [-0.3, -0.25) is 0 Å². The molecule has 1 unspecified atom stereocenters. The zero-order chi connectivity index (χ0) is 15.2. The summed E-state index contributed by atoms with van der Waals surface area (Å²) in [5.74, 6) is 2.32. The van der Waals surface area contributed by atoms with E-state index in [1.165, 1.54) is 16.4 Å². The number of allylic oxidation sites excluding steroid dienone is 3. The highest BCUT2D eigenvalue weighted by molar-refractivity contribution is 7.99. The summed E-state index contributed by atoms with van der Waals surface area (Å²) >= 11 is 2.02. The summed E-state index contributed by atoms with van der Waals surface area (Å²) in [4.78, 5) is 0. The largest absolute Gasteiger partial charge is 0.158 e. The predicted molar refractivity (Wildman–Crippen MR) is 103 cm³/mol. The molecule has 0 radical (unpaired) electrons. The molecule has 1 aliphatic rings. The van der Waals surface area contributed by atoms with Crippen LogP contribution in [0.1, 0.15) is 6.92 Å². The molecule has 0 spiro atoms. The molecule has 0 nitrogen and oxygen atoms in total. The fourth-order valence-corrected chi connectivity index (χ4v) is 6.31. The number of hydrogen-bond donors (Lipinski definition) is 0. The van der Waals surface area contributed by atoms with E-state index in [2.05, 4.69) is 85.8 Å². The summed E-state index contributed by atoms with van der Waals surface area (Å²) in [6.45, 7) is 2.24. The summed E-state index contributed by atoms with van der Waals surface area (Å²) in [6.07, 6.45) is 6.98. The van der Waals surface area contributed by atoms with E-state index in [1.54, 1.807) is 5.57 Å². The van der Waals surface area contributed by atoms with Gasteiger partial charge >= 0.3 is 0 Å². The van der Waals surface area contributed by atoms with Crippen LogP contribution in [-0.4, -0.2) is 17.2 Å². The Bertz CT molecular complexity index is 606. The van der Waals surface area contributed by atoms with Crippen molar-refractivity contribution >= 4 is 30.3 Å². The highest BCUT2D eigenvalue weighted by atomic mass is 32.2. The van der Waals surface area contributed by atoms with Gasteiger partial charge in [-0.15, -0.1) is 0 Å². The van der Waals surface area contributed by atoms with Gasteiger partial charge in [0.15, 0.2) is 0 Å². The predicted octanol–water partition coefficient (Wildman–Crippen LogP) is 4.74. The second-order valence-electron chi connectivity index (χ2n) is 5.25. The Balaban J connectivity index is 1.96. The van der Waals surface area contributed by atoms with Crippen LogP contribution in [0.5, 0.6) is 0 Å². The van der Waals surface area contributed by atoms with Crippen LogP contribution in [0.3, 0.4) is 0 Å². The Hall–Kier alpha value is -1.30. The standard InChI is InChI=1S/C20H21PS/c1-2-22-16-17-10-9-15-20(17)21(18-11-5-3-6-12-18)19-13-7-4-8-14-19/h3-15,20H,2,16H2,1H3. The average Bonchev–Trinajstić information content (AvgIpc) is 3.03. The fraction of sp³-hybridized carbons (Fsp3) is 0.200. The lowest BCUT2D eigenvalue weighted by Crippen LogP contribution is -2.21. The first-order chi connectivity index (χ1) is 10.9. The second kappa shape index (κ2) is 7.81. The van der Waals surface area contributed by atoms with Crippen LogP contribution in [0.25, 0.3) is 0 Å². The van der Waals surface area contributed by atoms with Crippen LogP contribution < -0.4 is 10.6 Å². The number of thioether (sulfide) groups is 1. The molecular formula is C20H21PS. The normalized spacial score (nSPS) is 17.0. The monoisotopic (exact) mass is 324 g/mol. The van der Waals surface area contributed by atoms with Crippen molar-refractivity contribution in [2.75, 3.05) is 11.5 Å². The quantitative estimate of drug-likeness (QED) is 0.692. The Labute approximate surface area is 139 Å². The zero-order valence-electron chi connectivity index (χ0n) is 12.9. The molecule has 1 atom stereocenters. The number of rotatable bonds is 6. The van der Waals surface area contributed by atoms with Gasteiger partial charge in [-0.25, -0.2) is 0 Å². The SMILES string of the molecule is CCSCC1=CC=CC1P(c1ccccc1)c1ccccc1. The molecule has 2 heteroatoms. The zero-order valence-corrected chi connectivity index (χ0v) is 14.6. The molecule has 0 aliphatic heterocycles. The van der Waals surface area contributed by atoms with E-state index in [4.69, 9.17) is 0 Å². The van der Waals surface area contributed by atoms with Crippen LogP contribution >= 0.6 is 19.7 Å². The van der Waals surface area contributed by atoms with E-state index in [9.17, 15) is 0 Å².